The van der Waals surface area contributed by atoms with Gasteiger partial charge in [0, 0.05) is 0 Å². The first-order chi connectivity index (χ1) is 9.74. The van der Waals surface area contributed by atoms with Crippen LogP contribution in [0.4, 0.5) is 0 Å². The second kappa shape index (κ2) is 6.39. The molecule has 0 aliphatic carbocycles. The van der Waals surface area contributed by atoms with Gasteiger partial charge in [-0.1, -0.05) is 24.3 Å². The summed E-state index contributed by atoms with van der Waals surface area (Å²) < 4.78 is 10.3. The summed E-state index contributed by atoms with van der Waals surface area (Å²) >= 11 is 0. The molecule has 0 N–H and O–H groups in total. The first kappa shape index (κ1) is 13.6. The van der Waals surface area contributed by atoms with Crippen LogP contribution < -0.4 is 4.74 Å². The third kappa shape index (κ3) is 3.15. The fraction of sp³-hybridized carbons (Fsp3) is 0.125. The van der Waals surface area contributed by atoms with Crippen molar-refractivity contribution >= 4 is 5.97 Å². The number of ether oxygens (including phenoxy) is 2. The van der Waals surface area contributed by atoms with Gasteiger partial charge in [-0.3, -0.25) is 0 Å². The topological polar surface area (TPSA) is 59.3 Å². The van der Waals surface area contributed by atoms with Crippen LogP contribution in [-0.4, -0.2) is 13.1 Å². The Kier molecular flexibility index (Phi) is 4.35. The number of carbonyl (C=O) groups is 1. The van der Waals surface area contributed by atoms with E-state index < -0.39 is 0 Å². The Labute approximate surface area is 117 Å². The minimum Gasteiger partial charge on any atom is -0.488 e. The minimum atomic E-state index is -0.385. The molecule has 20 heavy (non-hydrogen) atoms. The highest BCUT2D eigenvalue weighted by atomic mass is 16.5. The first-order valence-corrected chi connectivity index (χ1v) is 6.04. The number of hydrogen-bond donors (Lipinski definition) is 0. The number of rotatable bonds is 4. The normalized spacial score (nSPS) is 9.60. The van der Waals surface area contributed by atoms with Gasteiger partial charge in [0.25, 0.3) is 0 Å². The molecule has 0 unspecified atom stereocenters. The lowest BCUT2D eigenvalue weighted by atomic mass is 10.1. The Morgan fingerprint density at radius 3 is 2.75 bits per heavy atom. The zero-order valence-corrected chi connectivity index (χ0v) is 11.0. The molecule has 0 fully saturated rings. The van der Waals surface area contributed by atoms with Crippen molar-refractivity contribution in [3.63, 3.8) is 0 Å². The number of benzene rings is 2. The summed E-state index contributed by atoms with van der Waals surface area (Å²) in [6, 6.07) is 16.1. The number of methoxy groups -OCH3 is 1. The summed E-state index contributed by atoms with van der Waals surface area (Å²) in [4.78, 5) is 11.4. The highest BCUT2D eigenvalue weighted by Gasteiger charge is 2.07. The molecule has 0 amide bonds. The van der Waals surface area contributed by atoms with E-state index in [9.17, 15) is 4.79 Å². The second-order valence-electron chi connectivity index (χ2n) is 4.09. The lowest BCUT2D eigenvalue weighted by Crippen LogP contribution is -2.03. The van der Waals surface area contributed by atoms with Crippen molar-refractivity contribution in [2.45, 2.75) is 6.61 Å². The average molecular weight is 267 g/mol. The summed E-state index contributed by atoms with van der Waals surface area (Å²) in [6.07, 6.45) is 0. The molecule has 100 valence electrons. The van der Waals surface area contributed by atoms with Crippen molar-refractivity contribution in [1.29, 1.82) is 5.26 Å². The van der Waals surface area contributed by atoms with Gasteiger partial charge in [-0.05, 0) is 29.8 Å². The van der Waals surface area contributed by atoms with E-state index >= 15 is 0 Å². The zero-order chi connectivity index (χ0) is 14.4. The molecular weight excluding hydrogens is 254 g/mol. The van der Waals surface area contributed by atoms with E-state index in [2.05, 4.69) is 10.8 Å². The van der Waals surface area contributed by atoms with Crippen molar-refractivity contribution < 1.29 is 14.3 Å². The van der Waals surface area contributed by atoms with Crippen LogP contribution >= 0.6 is 0 Å². The molecule has 4 heteroatoms. The quantitative estimate of drug-likeness (QED) is 0.799. The van der Waals surface area contributed by atoms with Gasteiger partial charge < -0.3 is 9.47 Å². The molecule has 0 atom stereocenters. The van der Waals surface area contributed by atoms with E-state index in [0.29, 0.717) is 16.9 Å². The molecule has 2 aromatic rings. The number of carbonyl (C=O) groups excluding carboxylic acids is 1. The van der Waals surface area contributed by atoms with Crippen molar-refractivity contribution in [1.82, 2.24) is 0 Å². The number of para-hydroxylation sites is 1. The van der Waals surface area contributed by atoms with Crippen LogP contribution in [0.3, 0.4) is 0 Å². The van der Waals surface area contributed by atoms with Crippen LogP contribution in [0.5, 0.6) is 5.75 Å². The molecule has 2 aromatic carbocycles. The molecule has 4 nitrogen and oxygen atoms in total. The molecule has 0 aliphatic heterocycles. The zero-order valence-electron chi connectivity index (χ0n) is 11.0. The standard InChI is InChI=1S/C16H13NO3/c1-19-16(18)13-7-4-5-12(9-13)11-20-15-8-3-2-6-14(15)10-17/h2-9H,11H2,1H3. The van der Waals surface area contributed by atoms with E-state index in [1.807, 2.05) is 6.07 Å². The summed E-state index contributed by atoms with van der Waals surface area (Å²) in [5.41, 5.74) is 1.79. The maximum absolute atomic E-state index is 11.4. The molecule has 2 rings (SSSR count). The predicted octanol–water partition coefficient (Wildman–Crippen LogP) is 2.92. The highest BCUT2D eigenvalue weighted by molar-refractivity contribution is 5.89. The molecule has 0 saturated carbocycles. The van der Waals surface area contributed by atoms with E-state index in [1.54, 1.807) is 42.5 Å². The van der Waals surface area contributed by atoms with Crippen molar-refractivity contribution in [2.75, 3.05) is 7.11 Å². The second-order valence-corrected chi connectivity index (χ2v) is 4.09. The highest BCUT2D eigenvalue weighted by Crippen LogP contribution is 2.18. The van der Waals surface area contributed by atoms with Gasteiger partial charge in [0.1, 0.15) is 18.4 Å². The van der Waals surface area contributed by atoms with E-state index in [0.717, 1.165) is 5.56 Å². The lowest BCUT2D eigenvalue weighted by molar-refractivity contribution is 0.0600. The molecular formula is C16H13NO3. The minimum absolute atomic E-state index is 0.281. The molecule has 0 radical (unpaired) electrons. The van der Waals surface area contributed by atoms with Gasteiger partial charge >= 0.3 is 5.97 Å². The van der Waals surface area contributed by atoms with Crippen LogP contribution in [0.1, 0.15) is 21.5 Å². The number of esters is 1. The Bertz CT molecular complexity index is 659. The molecule has 0 spiro atoms. The number of nitriles is 1. The molecule has 0 bridgehead atoms. The Morgan fingerprint density at radius 2 is 2.00 bits per heavy atom. The van der Waals surface area contributed by atoms with Gasteiger partial charge in [-0.15, -0.1) is 0 Å². The average Bonchev–Trinajstić information content (AvgIpc) is 2.52. The van der Waals surface area contributed by atoms with E-state index in [1.165, 1.54) is 7.11 Å². The molecule has 0 heterocycles. The van der Waals surface area contributed by atoms with Crippen LogP contribution in [0.15, 0.2) is 48.5 Å². The van der Waals surface area contributed by atoms with Crippen LogP contribution in [0.25, 0.3) is 0 Å². The van der Waals surface area contributed by atoms with Gasteiger partial charge in [0.05, 0.1) is 18.2 Å². The molecule has 0 aliphatic rings. The summed E-state index contributed by atoms with van der Waals surface area (Å²) in [7, 11) is 1.34. The maximum Gasteiger partial charge on any atom is 0.337 e. The van der Waals surface area contributed by atoms with E-state index in [-0.39, 0.29) is 12.6 Å². The van der Waals surface area contributed by atoms with Crippen molar-refractivity contribution in [2.24, 2.45) is 0 Å². The molecule has 0 saturated heterocycles. The third-order valence-electron chi connectivity index (χ3n) is 2.75. The van der Waals surface area contributed by atoms with Gasteiger partial charge in [-0.2, -0.15) is 5.26 Å². The van der Waals surface area contributed by atoms with Crippen LogP contribution in [0, 0.1) is 11.3 Å². The third-order valence-corrected chi connectivity index (χ3v) is 2.75. The largest absolute Gasteiger partial charge is 0.488 e. The lowest BCUT2D eigenvalue weighted by Gasteiger charge is -2.08. The van der Waals surface area contributed by atoms with Gasteiger partial charge in [0.2, 0.25) is 0 Å². The van der Waals surface area contributed by atoms with Crippen LogP contribution in [-0.2, 0) is 11.3 Å². The smallest absolute Gasteiger partial charge is 0.337 e. The fourth-order valence-corrected chi connectivity index (χ4v) is 1.75. The van der Waals surface area contributed by atoms with Crippen molar-refractivity contribution in [3.05, 3.63) is 65.2 Å². The summed E-state index contributed by atoms with van der Waals surface area (Å²) in [6.45, 7) is 0.281. The summed E-state index contributed by atoms with van der Waals surface area (Å²) in [5, 5.41) is 8.97. The Hall–Kier alpha value is -2.80. The maximum atomic E-state index is 11.4. The predicted molar refractivity (Wildman–Crippen MR) is 73.3 cm³/mol. The Balaban J connectivity index is 2.11. The fourth-order valence-electron chi connectivity index (χ4n) is 1.75. The van der Waals surface area contributed by atoms with Crippen molar-refractivity contribution in [3.8, 4) is 11.8 Å². The number of nitrogens with zero attached hydrogens (tertiary/aromatic N) is 1. The first-order valence-electron chi connectivity index (χ1n) is 6.04. The van der Waals surface area contributed by atoms with Crippen LogP contribution in [0.2, 0.25) is 0 Å². The van der Waals surface area contributed by atoms with Gasteiger partial charge in [-0.25, -0.2) is 4.79 Å². The van der Waals surface area contributed by atoms with E-state index in [4.69, 9.17) is 10.00 Å². The number of hydrogen-bond acceptors (Lipinski definition) is 4. The monoisotopic (exact) mass is 267 g/mol. The van der Waals surface area contributed by atoms with Gasteiger partial charge in [0.15, 0.2) is 0 Å². The SMILES string of the molecule is COC(=O)c1cccc(COc2ccccc2C#N)c1. The summed E-state index contributed by atoms with van der Waals surface area (Å²) in [5.74, 6) is 0.141. The molecule has 0 aromatic heterocycles. The Morgan fingerprint density at radius 1 is 1.20 bits per heavy atom.